The number of nitrogens with zero attached hydrogens (tertiary/aromatic N) is 1. The molecule has 0 unspecified atom stereocenters. The number of hydrogen-bond acceptors (Lipinski definition) is 4. The van der Waals surface area contributed by atoms with Gasteiger partial charge in [-0.05, 0) is 58.7 Å². The molecule has 0 fully saturated rings. The highest BCUT2D eigenvalue weighted by Gasteiger charge is 2.31. The maximum Gasteiger partial charge on any atom is 0.573 e. The number of halogens is 3. The number of carbonyl (C=O) groups excluding carboxylic acids is 2. The Labute approximate surface area is 245 Å². The van der Waals surface area contributed by atoms with E-state index < -0.39 is 24.3 Å². The molecule has 0 aromatic heterocycles. The molecule has 3 amide bonds. The van der Waals surface area contributed by atoms with E-state index in [2.05, 4.69) is 15.4 Å². The first-order chi connectivity index (χ1) is 20.6. The lowest BCUT2D eigenvalue weighted by Gasteiger charge is -2.24. The Kier molecular flexibility index (Phi) is 10.00. The minimum absolute atomic E-state index is 0.0211. The van der Waals surface area contributed by atoms with Crippen LogP contribution >= 0.6 is 0 Å². The molecule has 0 atom stereocenters. The molecule has 0 saturated carbocycles. The number of amides is 3. The van der Waals surface area contributed by atoms with E-state index in [9.17, 15) is 27.6 Å². The van der Waals surface area contributed by atoms with Crippen LogP contribution in [0.5, 0.6) is 5.75 Å². The van der Waals surface area contributed by atoms with Gasteiger partial charge in [-0.3, -0.25) is 14.5 Å². The van der Waals surface area contributed by atoms with Crippen LogP contribution in [0.2, 0.25) is 0 Å². The summed E-state index contributed by atoms with van der Waals surface area (Å²) in [6.07, 6.45) is -5.01. The monoisotopic (exact) mass is 591 g/mol. The summed E-state index contributed by atoms with van der Waals surface area (Å²) in [6, 6.07) is 28.5. The van der Waals surface area contributed by atoms with Crippen LogP contribution in [-0.2, 0) is 17.9 Å². The van der Waals surface area contributed by atoms with Gasteiger partial charge < -0.3 is 20.5 Å². The third kappa shape index (κ3) is 9.35. The van der Waals surface area contributed by atoms with Crippen LogP contribution in [-0.4, -0.2) is 35.9 Å². The van der Waals surface area contributed by atoms with Crippen LogP contribution in [0.15, 0.2) is 103 Å². The standard InChI is InChI=1S/C32H28F3N3O5/c33-32(34,35)43-28-16-8-22(9-17-28)20-37-31(42)38(21-23-6-10-25(11-7-23)24-4-2-1-3-5-24)27-14-12-26(13-15-27)30(41)36-19-18-29(39)40/h1-17H,18-21H2,(H,36,41)(H,37,42)(H,39,40). The Morgan fingerprint density at radius 2 is 1.35 bits per heavy atom. The summed E-state index contributed by atoms with van der Waals surface area (Å²) in [4.78, 5) is 38.0. The second kappa shape index (κ2) is 14.0. The SMILES string of the molecule is O=C(O)CCNC(=O)c1ccc(N(Cc2ccc(-c3ccccc3)cc2)C(=O)NCc2ccc(OC(F)(F)F)cc2)cc1. The summed E-state index contributed by atoms with van der Waals surface area (Å²) in [5.41, 5.74) is 4.23. The van der Waals surface area contributed by atoms with Gasteiger partial charge in [0.15, 0.2) is 0 Å². The minimum atomic E-state index is -4.80. The average molecular weight is 592 g/mol. The zero-order valence-corrected chi connectivity index (χ0v) is 22.8. The molecule has 0 aliphatic heterocycles. The van der Waals surface area contributed by atoms with Gasteiger partial charge in [0.2, 0.25) is 0 Å². The third-order valence-corrected chi connectivity index (χ3v) is 6.31. The molecule has 4 aromatic rings. The van der Waals surface area contributed by atoms with Crippen molar-refractivity contribution in [2.75, 3.05) is 11.4 Å². The molecular weight excluding hydrogens is 563 g/mol. The van der Waals surface area contributed by atoms with Gasteiger partial charge in [0, 0.05) is 24.3 Å². The van der Waals surface area contributed by atoms with E-state index in [4.69, 9.17) is 5.11 Å². The maximum absolute atomic E-state index is 13.4. The molecule has 0 bridgehead atoms. The molecule has 43 heavy (non-hydrogen) atoms. The van der Waals surface area contributed by atoms with E-state index in [-0.39, 0.29) is 31.8 Å². The fourth-order valence-corrected chi connectivity index (χ4v) is 4.16. The predicted molar refractivity (Wildman–Crippen MR) is 154 cm³/mol. The molecular formula is C32H28F3N3O5. The zero-order chi connectivity index (χ0) is 30.8. The number of rotatable bonds is 11. The number of alkyl halides is 3. The largest absolute Gasteiger partial charge is 0.573 e. The number of carboxylic acid groups (broad SMARTS) is 1. The minimum Gasteiger partial charge on any atom is -0.481 e. The molecule has 0 saturated heterocycles. The molecule has 3 N–H and O–H groups in total. The van der Waals surface area contributed by atoms with Crippen molar-refractivity contribution in [3.63, 3.8) is 0 Å². The number of nitrogens with one attached hydrogen (secondary N) is 2. The van der Waals surface area contributed by atoms with E-state index in [1.54, 1.807) is 12.1 Å². The Bertz CT molecular complexity index is 1530. The summed E-state index contributed by atoms with van der Waals surface area (Å²) < 4.78 is 41.3. The lowest BCUT2D eigenvalue weighted by atomic mass is 10.0. The van der Waals surface area contributed by atoms with Crippen molar-refractivity contribution in [3.05, 3.63) is 120 Å². The highest BCUT2D eigenvalue weighted by Crippen LogP contribution is 2.24. The predicted octanol–water partition coefficient (Wildman–Crippen LogP) is 6.37. The molecule has 4 rings (SSSR count). The smallest absolute Gasteiger partial charge is 0.481 e. The van der Waals surface area contributed by atoms with Gasteiger partial charge in [-0.15, -0.1) is 13.2 Å². The van der Waals surface area contributed by atoms with Gasteiger partial charge in [0.25, 0.3) is 5.91 Å². The second-order valence-electron chi connectivity index (χ2n) is 9.45. The van der Waals surface area contributed by atoms with Crippen LogP contribution in [0.1, 0.15) is 27.9 Å². The van der Waals surface area contributed by atoms with Crippen LogP contribution in [0, 0.1) is 0 Å². The molecule has 222 valence electrons. The van der Waals surface area contributed by atoms with Crippen LogP contribution in [0.4, 0.5) is 23.7 Å². The van der Waals surface area contributed by atoms with Crippen molar-refractivity contribution in [1.29, 1.82) is 0 Å². The molecule has 8 nitrogen and oxygen atoms in total. The molecule has 11 heteroatoms. The highest BCUT2D eigenvalue weighted by molar-refractivity contribution is 5.96. The van der Waals surface area contributed by atoms with Gasteiger partial charge in [0.1, 0.15) is 5.75 Å². The fourth-order valence-electron chi connectivity index (χ4n) is 4.16. The van der Waals surface area contributed by atoms with Gasteiger partial charge in [-0.1, -0.05) is 66.7 Å². The normalized spacial score (nSPS) is 11.0. The van der Waals surface area contributed by atoms with E-state index >= 15 is 0 Å². The van der Waals surface area contributed by atoms with Gasteiger partial charge in [0.05, 0.1) is 13.0 Å². The van der Waals surface area contributed by atoms with Crippen molar-refractivity contribution in [3.8, 4) is 16.9 Å². The van der Waals surface area contributed by atoms with Crippen LogP contribution in [0.3, 0.4) is 0 Å². The molecule has 0 heterocycles. The van der Waals surface area contributed by atoms with Crippen LogP contribution in [0.25, 0.3) is 11.1 Å². The summed E-state index contributed by atoms with van der Waals surface area (Å²) in [5.74, 6) is -1.84. The molecule has 0 aliphatic carbocycles. The van der Waals surface area contributed by atoms with E-state index in [1.165, 1.54) is 41.3 Å². The number of aliphatic carboxylic acids is 1. The average Bonchev–Trinajstić information content (AvgIpc) is 2.99. The van der Waals surface area contributed by atoms with E-state index in [0.29, 0.717) is 16.8 Å². The Balaban J connectivity index is 1.49. The fraction of sp³-hybridized carbons (Fsp3) is 0.156. The second-order valence-corrected chi connectivity index (χ2v) is 9.45. The summed E-state index contributed by atoms with van der Waals surface area (Å²) >= 11 is 0. The summed E-state index contributed by atoms with van der Waals surface area (Å²) in [5, 5.41) is 14.1. The number of anilines is 1. The Hall–Kier alpha value is -5.32. The first-order valence-corrected chi connectivity index (χ1v) is 13.2. The summed E-state index contributed by atoms with van der Waals surface area (Å²) in [7, 11) is 0. The number of ether oxygens (including phenoxy) is 1. The Morgan fingerprint density at radius 1 is 0.744 bits per heavy atom. The highest BCUT2D eigenvalue weighted by atomic mass is 19.4. The quantitative estimate of drug-likeness (QED) is 0.188. The molecule has 0 radical (unpaired) electrons. The van der Waals surface area contributed by atoms with E-state index in [1.807, 2.05) is 54.6 Å². The number of carbonyl (C=O) groups is 3. The van der Waals surface area contributed by atoms with Gasteiger partial charge in [-0.25, -0.2) is 4.79 Å². The number of benzene rings is 4. The first-order valence-electron chi connectivity index (χ1n) is 13.2. The number of carboxylic acids is 1. The van der Waals surface area contributed by atoms with Crippen LogP contribution < -0.4 is 20.3 Å². The lowest BCUT2D eigenvalue weighted by molar-refractivity contribution is -0.274. The molecule has 0 spiro atoms. The zero-order valence-electron chi connectivity index (χ0n) is 22.8. The first kappa shape index (κ1) is 30.6. The number of urea groups is 1. The lowest BCUT2D eigenvalue weighted by Crippen LogP contribution is -2.39. The summed E-state index contributed by atoms with van der Waals surface area (Å²) in [6.45, 7) is 0.203. The van der Waals surface area contributed by atoms with Crippen molar-refractivity contribution in [2.24, 2.45) is 0 Å². The molecule has 4 aromatic carbocycles. The van der Waals surface area contributed by atoms with Crippen molar-refractivity contribution in [1.82, 2.24) is 10.6 Å². The maximum atomic E-state index is 13.4. The van der Waals surface area contributed by atoms with Crippen molar-refractivity contribution in [2.45, 2.75) is 25.9 Å². The topological polar surface area (TPSA) is 108 Å². The number of hydrogen-bond donors (Lipinski definition) is 3. The van der Waals surface area contributed by atoms with Gasteiger partial charge in [-0.2, -0.15) is 0 Å². The van der Waals surface area contributed by atoms with Crippen molar-refractivity contribution >= 4 is 23.6 Å². The van der Waals surface area contributed by atoms with Gasteiger partial charge >= 0.3 is 18.4 Å². The third-order valence-electron chi connectivity index (χ3n) is 6.31. The molecule has 0 aliphatic rings. The van der Waals surface area contributed by atoms with E-state index in [0.717, 1.165) is 16.7 Å². The Morgan fingerprint density at radius 3 is 1.95 bits per heavy atom. The van der Waals surface area contributed by atoms with Crippen molar-refractivity contribution < 1.29 is 37.4 Å².